The minimum atomic E-state index is -0.472. The van der Waals surface area contributed by atoms with Crippen molar-refractivity contribution >= 4 is 17.5 Å². The Morgan fingerprint density at radius 1 is 1.10 bits per heavy atom. The first kappa shape index (κ1) is 21.2. The average molecular weight is 429 g/mol. The molecule has 0 radical (unpaired) electrons. The highest BCUT2D eigenvalue weighted by molar-refractivity contribution is 6.30. The molecule has 5 nitrogen and oxygen atoms in total. The number of hydrogen-bond donors (Lipinski definition) is 2. The van der Waals surface area contributed by atoms with Crippen LogP contribution in [0.1, 0.15) is 42.7 Å². The quantitative estimate of drug-likeness (QED) is 0.704. The molecule has 2 aromatic carbocycles. The highest BCUT2D eigenvalue weighted by Crippen LogP contribution is 2.43. The number of phenolic OH excluding ortho intramolecular Hbond substituents is 1. The van der Waals surface area contributed by atoms with E-state index in [1.54, 1.807) is 11.0 Å². The molecule has 0 unspecified atom stereocenters. The normalized spacial score (nSPS) is 23.5. The molecule has 0 saturated carbocycles. The highest BCUT2D eigenvalue weighted by atomic mass is 35.5. The molecule has 160 valence electrons. The lowest BCUT2D eigenvalue weighted by atomic mass is 9.85. The Kier molecular flexibility index (Phi) is 6.61. The Balaban J connectivity index is 1.38. The summed E-state index contributed by atoms with van der Waals surface area (Å²) in [5.41, 5.74) is 2.23. The lowest BCUT2D eigenvalue weighted by Crippen LogP contribution is -2.47. The summed E-state index contributed by atoms with van der Waals surface area (Å²) in [6.07, 6.45) is 4.55. The van der Waals surface area contributed by atoms with Crippen LogP contribution in [-0.4, -0.2) is 57.7 Å². The summed E-state index contributed by atoms with van der Waals surface area (Å²) >= 11 is 5.96. The third-order valence-electron chi connectivity index (χ3n) is 6.63. The van der Waals surface area contributed by atoms with Crippen LogP contribution >= 0.6 is 11.6 Å². The van der Waals surface area contributed by atoms with E-state index in [9.17, 15) is 15.0 Å². The van der Waals surface area contributed by atoms with E-state index in [1.807, 2.05) is 36.4 Å². The van der Waals surface area contributed by atoms with Crippen LogP contribution in [0.3, 0.4) is 0 Å². The van der Waals surface area contributed by atoms with E-state index < -0.39 is 6.61 Å². The first-order valence-electron chi connectivity index (χ1n) is 10.7. The van der Waals surface area contributed by atoms with Gasteiger partial charge in [0.2, 0.25) is 5.91 Å². The Labute approximate surface area is 182 Å². The molecule has 2 aliphatic rings. The molecule has 6 heteroatoms. The van der Waals surface area contributed by atoms with Crippen molar-refractivity contribution in [3.8, 4) is 5.75 Å². The summed E-state index contributed by atoms with van der Waals surface area (Å²) in [5.74, 6) is 0.574. The number of aromatic hydroxyl groups is 1. The van der Waals surface area contributed by atoms with Crippen molar-refractivity contribution in [2.45, 2.75) is 50.2 Å². The SMILES string of the molecule is O=C(CO)N(CCN1[C@@H]2CC[C@H]1C[C@@H](c1cccc(O)c1)C2)Cc1ccc(Cl)cc1. The number of fused-ring (bicyclic) bond motifs is 2. The lowest BCUT2D eigenvalue weighted by molar-refractivity contribution is -0.135. The van der Waals surface area contributed by atoms with Crippen molar-refractivity contribution in [3.05, 3.63) is 64.7 Å². The van der Waals surface area contributed by atoms with E-state index in [-0.39, 0.29) is 5.91 Å². The predicted octanol–water partition coefficient (Wildman–Crippen LogP) is 3.78. The monoisotopic (exact) mass is 428 g/mol. The van der Waals surface area contributed by atoms with Gasteiger partial charge in [0.15, 0.2) is 0 Å². The standard InChI is InChI=1S/C24H29ClN2O3/c25-20-6-4-17(5-7-20)15-26(24(30)16-28)10-11-27-21-8-9-22(27)13-19(12-21)18-2-1-3-23(29)14-18/h1-7,14,19,21-22,28-29H,8-13,15-16H2/t19-,21+,22-. The number of carbonyl (C=O) groups excluding carboxylic acids is 1. The third kappa shape index (κ3) is 4.80. The number of nitrogens with zero attached hydrogens (tertiary/aromatic N) is 2. The minimum absolute atomic E-state index is 0.244. The molecule has 0 spiro atoms. The molecule has 2 aliphatic heterocycles. The van der Waals surface area contributed by atoms with Crippen LogP contribution in [0.5, 0.6) is 5.75 Å². The van der Waals surface area contributed by atoms with Crippen LogP contribution in [0, 0.1) is 0 Å². The number of hydrogen-bond acceptors (Lipinski definition) is 4. The van der Waals surface area contributed by atoms with Gasteiger partial charge in [-0.1, -0.05) is 35.9 Å². The van der Waals surface area contributed by atoms with E-state index in [2.05, 4.69) is 11.0 Å². The summed E-state index contributed by atoms with van der Waals surface area (Å²) in [7, 11) is 0. The van der Waals surface area contributed by atoms with E-state index >= 15 is 0 Å². The first-order valence-corrected chi connectivity index (χ1v) is 11.1. The van der Waals surface area contributed by atoms with Crippen molar-refractivity contribution < 1.29 is 15.0 Å². The first-order chi connectivity index (χ1) is 14.5. The molecule has 0 aromatic heterocycles. The molecule has 3 atom stereocenters. The Morgan fingerprint density at radius 3 is 2.43 bits per heavy atom. The zero-order valence-corrected chi connectivity index (χ0v) is 17.8. The van der Waals surface area contributed by atoms with Crippen molar-refractivity contribution in [3.63, 3.8) is 0 Å². The van der Waals surface area contributed by atoms with E-state index in [0.29, 0.717) is 41.9 Å². The fourth-order valence-electron chi connectivity index (χ4n) is 5.13. The molecule has 0 aliphatic carbocycles. The van der Waals surface area contributed by atoms with Crippen LogP contribution in [0.15, 0.2) is 48.5 Å². The van der Waals surface area contributed by atoms with Gasteiger partial charge in [0, 0.05) is 36.7 Å². The number of carbonyl (C=O) groups is 1. The van der Waals surface area contributed by atoms with Crippen molar-refractivity contribution in [1.82, 2.24) is 9.80 Å². The number of amides is 1. The summed E-state index contributed by atoms with van der Waals surface area (Å²) in [6.45, 7) is 1.43. The second kappa shape index (κ2) is 9.38. The lowest BCUT2D eigenvalue weighted by Gasteiger charge is -2.40. The molecule has 2 saturated heterocycles. The summed E-state index contributed by atoms with van der Waals surface area (Å²) < 4.78 is 0. The Hall–Kier alpha value is -2.08. The van der Waals surface area contributed by atoms with Gasteiger partial charge in [-0.2, -0.15) is 0 Å². The van der Waals surface area contributed by atoms with Crippen LogP contribution in [-0.2, 0) is 11.3 Å². The number of aliphatic hydroxyl groups is 1. The predicted molar refractivity (Wildman–Crippen MR) is 118 cm³/mol. The highest BCUT2D eigenvalue weighted by Gasteiger charge is 2.41. The number of halogens is 1. The zero-order chi connectivity index (χ0) is 21.1. The Morgan fingerprint density at radius 2 is 1.80 bits per heavy atom. The average Bonchev–Trinajstić information content (AvgIpc) is 2.98. The molecule has 2 aromatic rings. The second-order valence-corrected chi connectivity index (χ2v) is 8.92. The van der Waals surface area contributed by atoms with Gasteiger partial charge in [0.05, 0.1) is 0 Å². The van der Waals surface area contributed by atoms with Crippen LogP contribution in [0.4, 0.5) is 0 Å². The molecule has 2 N–H and O–H groups in total. The van der Waals surface area contributed by atoms with Crippen molar-refractivity contribution in [1.29, 1.82) is 0 Å². The van der Waals surface area contributed by atoms with Gasteiger partial charge < -0.3 is 15.1 Å². The molecular formula is C24H29ClN2O3. The van der Waals surface area contributed by atoms with E-state index in [4.69, 9.17) is 11.6 Å². The van der Waals surface area contributed by atoms with Crippen molar-refractivity contribution in [2.75, 3.05) is 19.7 Å². The van der Waals surface area contributed by atoms with Gasteiger partial charge in [-0.05, 0) is 67.0 Å². The molecule has 2 heterocycles. The number of rotatable bonds is 7. The second-order valence-electron chi connectivity index (χ2n) is 8.49. The topological polar surface area (TPSA) is 64.0 Å². The molecule has 1 amide bonds. The maximum absolute atomic E-state index is 12.3. The molecular weight excluding hydrogens is 400 g/mol. The van der Waals surface area contributed by atoms with Gasteiger partial charge in [-0.15, -0.1) is 0 Å². The number of aliphatic hydroxyl groups excluding tert-OH is 1. The largest absolute Gasteiger partial charge is 0.508 e. The minimum Gasteiger partial charge on any atom is -0.508 e. The van der Waals surface area contributed by atoms with Crippen molar-refractivity contribution in [2.24, 2.45) is 0 Å². The fourth-order valence-corrected chi connectivity index (χ4v) is 5.25. The van der Waals surface area contributed by atoms with Crippen LogP contribution in [0.2, 0.25) is 5.02 Å². The Bertz CT molecular complexity index is 859. The zero-order valence-electron chi connectivity index (χ0n) is 17.1. The van der Waals surface area contributed by atoms with Gasteiger partial charge in [-0.25, -0.2) is 0 Å². The number of piperidine rings is 1. The van der Waals surface area contributed by atoms with E-state index in [0.717, 1.165) is 24.9 Å². The number of phenols is 1. The fraction of sp³-hybridized carbons (Fsp3) is 0.458. The number of benzene rings is 2. The summed E-state index contributed by atoms with van der Waals surface area (Å²) in [6, 6.07) is 16.2. The van der Waals surface area contributed by atoms with Gasteiger partial charge in [-0.3, -0.25) is 9.69 Å². The third-order valence-corrected chi connectivity index (χ3v) is 6.88. The summed E-state index contributed by atoms with van der Waals surface area (Å²) in [4.78, 5) is 16.6. The van der Waals surface area contributed by atoms with Crippen LogP contribution < -0.4 is 0 Å². The maximum atomic E-state index is 12.3. The smallest absolute Gasteiger partial charge is 0.248 e. The summed E-state index contributed by atoms with van der Waals surface area (Å²) in [5, 5.41) is 19.9. The van der Waals surface area contributed by atoms with Gasteiger partial charge in [0.25, 0.3) is 0 Å². The van der Waals surface area contributed by atoms with Gasteiger partial charge in [0.1, 0.15) is 12.4 Å². The molecule has 4 rings (SSSR count). The molecule has 2 fully saturated rings. The van der Waals surface area contributed by atoms with Gasteiger partial charge >= 0.3 is 0 Å². The van der Waals surface area contributed by atoms with Crippen LogP contribution in [0.25, 0.3) is 0 Å². The maximum Gasteiger partial charge on any atom is 0.248 e. The van der Waals surface area contributed by atoms with E-state index in [1.165, 1.54) is 18.4 Å². The molecule has 30 heavy (non-hydrogen) atoms. The molecule has 2 bridgehead atoms.